The molecule has 0 radical (unpaired) electrons. The van der Waals surface area contributed by atoms with Crippen molar-refractivity contribution in [3.8, 4) is 11.3 Å². The van der Waals surface area contributed by atoms with Crippen molar-refractivity contribution in [2.45, 2.75) is 32.4 Å². The van der Waals surface area contributed by atoms with Crippen molar-refractivity contribution in [3.63, 3.8) is 0 Å². The number of nitrogens with zero attached hydrogens (tertiary/aromatic N) is 3. The highest BCUT2D eigenvalue weighted by atomic mass is 32.1. The molecule has 124 valence electrons. The molecule has 0 spiro atoms. The lowest BCUT2D eigenvalue weighted by atomic mass is 10.0. The number of hydrogen-bond donors (Lipinski definition) is 2. The van der Waals surface area contributed by atoms with Crippen molar-refractivity contribution in [3.05, 3.63) is 48.9 Å². The average molecular weight is 343 g/mol. The lowest BCUT2D eigenvalue weighted by molar-refractivity contribution is 0.662. The average Bonchev–Trinajstić information content (AvgIpc) is 3.30. The van der Waals surface area contributed by atoms with Crippen LogP contribution in [0.15, 0.2) is 27.1 Å². The fraction of sp³-hybridized carbons (Fsp3) is 0.312. The summed E-state index contributed by atoms with van der Waals surface area (Å²) in [6.45, 7) is 2.31. The molecule has 1 aliphatic carbocycles. The molecule has 4 rings (SSSR count). The van der Waals surface area contributed by atoms with Gasteiger partial charge in [-0.15, -0.1) is 11.3 Å². The fourth-order valence-electron chi connectivity index (χ4n) is 3.09. The van der Waals surface area contributed by atoms with Crippen LogP contribution in [0.25, 0.3) is 22.2 Å². The van der Waals surface area contributed by atoms with E-state index in [1.54, 1.807) is 10.6 Å². The predicted molar refractivity (Wildman–Crippen MR) is 94.6 cm³/mol. The van der Waals surface area contributed by atoms with Crippen LogP contribution >= 0.6 is 11.3 Å². The first-order valence-electron chi connectivity index (χ1n) is 7.73. The fourth-order valence-corrected chi connectivity index (χ4v) is 3.76. The molecule has 0 unspecified atom stereocenters. The number of thiazole rings is 1. The van der Waals surface area contributed by atoms with Crippen LogP contribution in [0, 0.1) is 6.92 Å². The number of benzene rings is 1. The van der Waals surface area contributed by atoms with Crippen LogP contribution in [0.3, 0.4) is 0 Å². The topological polar surface area (TPSA) is 109 Å². The molecule has 0 bridgehead atoms. The number of aromatic nitrogens is 3. The molecule has 0 amide bonds. The number of hydrogen-bond acceptors (Lipinski definition) is 6. The molecule has 2 heterocycles. The van der Waals surface area contributed by atoms with Gasteiger partial charge in [0, 0.05) is 23.5 Å². The van der Waals surface area contributed by atoms with Crippen LogP contribution in [0.5, 0.6) is 0 Å². The normalized spacial score (nSPS) is 14.4. The lowest BCUT2D eigenvalue weighted by Crippen LogP contribution is -2.44. The van der Waals surface area contributed by atoms with Crippen LogP contribution in [0.2, 0.25) is 0 Å². The van der Waals surface area contributed by atoms with E-state index in [4.69, 9.17) is 11.6 Å². The van der Waals surface area contributed by atoms with Crippen molar-refractivity contribution in [1.29, 1.82) is 0 Å². The van der Waals surface area contributed by atoms with Gasteiger partial charge in [-0.25, -0.2) is 9.78 Å². The molecule has 1 aliphatic rings. The number of aryl methyl sites for hydroxylation is 1. The van der Waals surface area contributed by atoms with E-state index in [0.29, 0.717) is 22.1 Å². The van der Waals surface area contributed by atoms with Gasteiger partial charge in [-0.2, -0.15) is 4.68 Å². The third-order valence-electron chi connectivity index (χ3n) is 4.45. The smallest absolute Gasteiger partial charge is 0.332 e. The first-order chi connectivity index (χ1) is 11.5. The second kappa shape index (κ2) is 5.29. The Morgan fingerprint density at radius 3 is 2.71 bits per heavy atom. The summed E-state index contributed by atoms with van der Waals surface area (Å²) < 4.78 is 2.36. The summed E-state index contributed by atoms with van der Waals surface area (Å²) in [5.74, 6) is 5.68. The summed E-state index contributed by atoms with van der Waals surface area (Å²) in [6, 6.07) is 3.69. The molecule has 4 N–H and O–H groups in total. The van der Waals surface area contributed by atoms with Gasteiger partial charge in [0.05, 0.1) is 16.6 Å². The number of nitrogen functional groups attached to an aromatic ring is 1. The van der Waals surface area contributed by atoms with Gasteiger partial charge in [0.15, 0.2) is 0 Å². The summed E-state index contributed by atoms with van der Waals surface area (Å²) in [6.07, 6.45) is 1.84. The maximum Gasteiger partial charge on any atom is 0.350 e. The van der Waals surface area contributed by atoms with Gasteiger partial charge in [-0.05, 0) is 31.4 Å². The quantitative estimate of drug-likeness (QED) is 0.692. The van der Waals surface area contributed by atoms with Crippen molar-refractivity contribution in [1.82, 2.24) is 14.2 Å². The zero-order valence-electron chi connectivity index (χ0n) is 13.2. The second-order valence-corrected chi connectivity index (χ2v) is 6.97. The Morgan fingerprint density at radius 1 is 1.33 bits per heavy atom. The van der Waals surface area contributed by atoms with Crippen molar-refractivity contribution >= 4 is 22.2 Å². The summed E-state index contributed by atoms with van der Waals surface area (Å²) in [5.41, 5.74) is 7.95. The van der Waals surface area contributed by atoms with Crippen LogP contribution < -0.4 is 22.8 Å². The Kier molecular flexibility index (Phi) is 3.33. The van der Waals surface area contributed by atoms with E-state index < -0.39 is 11.2 Å². The van der Waals surface area contributed by atoms with Gasteiger partial charge in [0.25, 0.3) is 5.56 Å². The van der Waals surface area contributed by atoms with Gasteiger partial charge in [-0.1, -0.05) is 6.07 Å². The Hall–Kier alpha value is -2.45. The highest BCUT2D eigenvalue weighted by Gasteiger charge is 2.29. The van der Waals surface area contributed by atoms with Gasteiger partial charge >= 0.3 is 5.69 Å². The highest BCUT2D eigenvalue weighted by molar-refractivity contribution is 7.09. The molecule has 0 saturated heterocycles. The van der Waals surface area contributed by atoms with E-state index in [-0.39, 0.29) is 6.04 Å². The zero-order chi connectivity index (χ0) is 17.0. The summed E-state index contributed by atoms with van der Waals surface area (Å²) in [4.78, 5) is 29.4. The highest BCUT2D eigenvalue weighted by Crippen LogP contribution is 2.37. The molecule has 0 aliphatic heterocycles. The van der Waals surface area contributed by atoms with Crippen LogP contribution in [0.4, 0.5) is 0 Å². The van der Waals surface area contributed by atoms with Crippen LogP contribution in [-0.4, -0.2) is 14.2 Å². The van der Waals surface area contributed by atoms with Gasteiger partial charge in [0.1, 0.15) is 5.01 Å². The molecule has 7 nitrogen and oxygen atoms in total. The lowest BCUT2D eigenvalue weighted by Gasteiger charge is -2.15. The summed E-state index contributed by atoms with van der Waals surface area (Å²) >= 11 is 1.50. The number of fused-ring (bicyclic) bond motifs is 1. The molecule has 1 saturated carbocycles. The van der Waals surface area contributed by atoms with Gasteiger partial charge in [0.2, 0.25) is 0 Å². The van der Waals surface area contributed by atoms with Crippen molar-refractivity contribution in [2.24, 2.45) is 5.73 Å². The minimum Gasteiger partial charge on any atom is -0.332 e. The van der Waals surface area contributed by atoms with E-state index in [9.17, 15) is 9.59 Å². The van der Waals surface area contributed by atoms with Crippen molar-refractivity contribution < 1.29 is 0 Å². The van der Waals surface area contributed by atoms with E-state index in [2.05, 4.69) is 4.98 Å². The minimum absolute atomic E-state index is 0.111. The van der Waals surface area contributed by atoms with Crippen molar-refractivity contribution in [2.75, 3.05) is 5.84 Å². The molecule has 24 heavy (non-hydrogen) atoms. The first kappa shape index (κ1) is 15.1. The summed E-state index contributed by atoms with van der Waals surface area (Å²) in [5, 5.41) is 3.25. The Bertz CT molecular complexity index is 1070. The molecular formula is C16H17N5O2S. The van der Waals surface area contributed by atoms with E-state index in [0.717, 1.165) is 34.7 Å². The van der Waals surface area contributed by atoms with E-state index in [1.807, 2.05) is 18.4 Å². The van der Waals surface area contributed by atoms with Gasteiger partial charge < -0.3 is 11.6 Å². The largest absolute Gasteiger partial charge is 0.350 e. The van der Waals surface area contributed by atoms with Crippen LogP contribution in [-0.2, 0) is 6.54 Å². The second-order valence-electron chi connectivity index (χ2n) is 6.02. The maximum atomic E-state index is 12.5. The molecule has 2 aromatic heterocycles. The van der Waals surface area contributed by atoms with Crippen LogP contribution in [0.1, 0.15) is 29.5 Å². The Balaban J connectivity index is 2.08. The predicted octanol–water partition coefficient (Wildman–Crippen LogP) is 1.10. The monoisotopic (exact) mass is 343 g/mol. The third-order valence-corrected chi connectivity index (χ3v) is 5.32. The molecule has 1 aromatic carbocycles. The maximum absolute atomic E-state index is 12.5. The zero-order valence-corrected chi connectivity index (χ0v) is 14.0. The molecule has 0 atom stereocenters. The Morgan fingerprint density at radius 2 is 2.08 bits per heavy atom. The van der Waals surface area contributed by atoms with Gasteiger partial charge in [-0.3, -0.25) is 9.36 Å². The number of rotatable bonds is 3. The third kappa shape index (κ3) is 2.10. The number of nitrogens with two attached hydrogens (primary N) is 2. The minimum atomic E-state index is -0.470. The first-order valence-corrected chi connectivity index (χ1v) is 8.61. The molecule has 8 heteroatoms. The van der Waals surface area contributed by atoms with E-state index in [1.165, 1.54) is 11.3 Å². The summed E-state index contributed by atoms with van der Waals surface area (Å²) in [7, 11) is 0. The SMILES string of the molecule is Cc1c(-c2csc(CN)n2)ccc2c(=O)n(N)c(=O)n(C3CC3)c12. The molecule has 3 aromatic rings. The molecular weight excluding hydrogens is 326 g/mol. The Labute approximate surface area is 141 Å². The standard InChI is InChI=1S/C16H17N5O2S/c1-8-10(12-7-24-13(6-17)19-12)4-5-11-14(8)20(9-2-3-9)16(23)21(18)15(11)22/h4-5,7,9H,2-3,6,17-18H2,1H3. The molecule has 1 fully saturated rings. The van der Waals surface area contributed by atoms with E-state index >= 15 is 0 Å².